The maximum atomic E-state index is 12.8. The first-order valence-electron chi connectivity index (χ1n) is 9.70. The van der Waals surface area contributed by atoms with Crippen molar-refractivity contribution >= 4 is 28.5 Å². The van der Waals surface area contributed by atoms with Crippen LogP contribution in [0.1, 0.15) is 5.56 Å². The van der Waals surface area contributed by atoms with Gasteiger partial charge in [-0.25, -0.2) is 9.67 Å². The Kier molecular flexibility index (Phi) is 6.28. The van der Waals surface area contributed by atoms with Crippen LogP contribution >= 0.6 is 11.6 Å². The van der Waals surface area contributed by atoms with Gasteiger partial charge in [-0.05, 0) is 29.8 Å². The van der Waals surface area contributed by atoms with Gasteiger partial charge in [0, 0.05) is 11.6 Å². The van der Waals surface area contributed by atoms with Crippen LogP contribution in [0.15, 0.2) is 71.9 Å². The van der Waals surface area contributed by atoms with E-state index in [-0.39, 0.29) is 18.1 Å². The Bertz CT molecular complexity index is 1250. The van der Waals surface area contributed by atoms with Crippen molar-refractivity contribution in [2.45, 2.75) is 13.1 Å². The molecule has 4 aromatic rings. The molecule has 8 nitrogen and oxygen atoms in total. The number of halogens is 1. The highest BCUT2D eigenvalue weighted by molar-refractivity contribution is 6.30. The van der Waals surface area contributed by atoms with E-state index in [0.717, 1.165) is 5.56 Å². The van der Waals surface area contributed by atoms with Crippen LogP contribution in [0, 0.1) is 0 Å². The first-order chi connectivity index (χ1) is 15.1. The molecule has 2 heterocycles. The lowest BCUT2D eigenvalue weighted by atomic mass is 10.2. The van der Waals surface area contributed by atoms with Crippen LogP contribution < -0.4 is 15.6 Å². The number of ether oxygens (including phenoxy) is 1. The molecule has 0 aliphatic carbocycles. The predicted molar refractivity (Wildman–Crippen MR) is 117 cm³/mol. The van der Waals surface area contributed by atoms with Gasteiger partial charge in [0.1, 0.15) is 17.5 Å². The van der Waals surface area contributed by atoms with Crippen LogP contribution in [-0.4, -0.2) is 38.4 Å². The molecule has 31 heavy (non-hydrogen) atoms. The average molecular weight is 438 g/mol. The van der Waals surface area contributed by atoms with E-state index < -0.39 is 0 Å². The van der Waals surface area contributed by atoms with E-state index in [0.29, 0.717) is 41.4 Å². The van der Waals surface area contributed by atoms with Gasteiger partial charge in [-0.15, -0.1) is 0 Å². The van der Waals surface area contributed by atoms with Gasteiger partial charge in [-0.3, -0.25) is 14.2 Å². The zero-order valence-corrected chi connectivity index (χ0v) is 17.3. The molecule has 158 valence electrons. The van der Waals surface area contributed by atoms with Gasteiger partial charge in [-0.1, -0.05) is 41.9 Å². The fraction of sp³-hybridized carbons (Fsp3) is 0.182. The second kappa shape index (κ2) is 9.44. The van der Waals surface area contributed by atoms with E-state index in [1.165, 1.54) is 17.1 Å². The molecule has 0 saturated carbocycles. The summed E-state index contributed by atoms with van der Waals surface area (Å²) in [5, 5.41) is 8.05. The Morgan fingerprint density at radius 1 is 1.13 bits per heavy atom. The van der Waals surface area contributed by atoms with Gasteiger partial charge in [0.2, 0.25) is 0 Å². The van der Waals surface area contributed by atoms with Crippen molar-refractivity contribution in [2.24, 2.45) is 0 Å². The minimum Gasteiger partial charge on any atom is -0.484 e. The highest BCUT2D eigenvalue weighted by Gasteiger charge is 2.11. The number of rotatable bonds is 8. The van der Waals surface area contributed by atoms with Crippen molar-refractivity contribution < 1.29 is 9.53 Å². The van der Waals surface area contributed by atoms with Crippen molar-refractivity contribution in [2.75, 3.05) is 13.2 Å². The van der Waals surface area contributed by atoms with E-state index in [1.807, 2.05) is 36.4 Å². The maximum absolute atomic E-state index is 12.8. The molecule has 4 rings (SSSR count). The number of nitrogens with zero attached hydrogens (tertiary/aromatic N) is 4. The van der Waals surface area contributed by atoms with Crippen molar-refractivity contribution in [3.63, 3.8) is 0 Å². The van der Waals surface area contributed by atoms with E-state index in [2.05, 4.69) is 15.4 Å². The first-order valence-corrected chi connectivity index (χ1v) is 10.1. The van der Waals surface area contributed by atoms with Crippen molar-refractivity contribution in [1.29, 1.82) is 0 Å². The predicted octanol–water partition coefficient (Wildman–Crippen LogP) is 2.49. The van der Waals surface area contributed by atoms with Crippen LogP contribution in [0.4, 0.5) is 0 Å². The van der Waals surface area contributed by atoms with Gasteiger partial charge in [0.15, 0.2) is 12.3 Å². The molecule has 0 fully saturated rings. The number of carbonyl (C=O) groups excluding carboxylic acids is 1. The number of fused-ring (bicyclic) bond motifs is 1. The summed E-state index contributed by atoms with van der Waals surface area (Å²) in [6.07, 6.45) is 3.00. The highest BCUT2D eigenvalue weighted by atomic mass is 35.5. The lowest BCUT2D eigenvalue weighted by Gasteiger charge is -2.08. The average Bonchev–Trinajstić information content (AvgIpc) is 3.19. The van der Waals surface area contributed by atoms with Crippen molar-refractivity contribution in [3.05, 3.63) is 88.1 Å². The van der Waals surface area contributed by atoms with E-state index in [4.69, 9.17) is 16.3 Å². The zero-order valence-electron chi connectivity index (χ0n) is 16.6. The molecule has 1 amide bonds. The summed E-state index contributed by atoms with van der Waals surface area (Å²) >= 11 is 6.02. The Balaban J connectivity index is 1.36. The molecule has 2 aromatic carbocycles. The molecule has 0 saturated heterocycles. The summed E-state index contributed by atoms with van der Waals surface area (Å²) in [5.41, 5.74) is 1.20. The van der Waals surface area contributed by atoms with Crippen LogP contribution in [0.25, 0.3) is 11.0 Å². The summed E-state index contributed by atoms with van der Waals surface area (Å²) in [7, 11) is 0. The Morgan fingerprint density at radius 2 is 1.97 bits per heavy atom. The topological polar surface area (TPSA) is 91.0 Å². The van der Waals surface area contributed by atoms with Crippen LogP contribution in [0.2, 0.25) is 5.02 Å². The second-order valence-corrected chi connectivity index (χ2v) is 7.30. The summed E-state index contributed by atoms with van der Waals surface area (Å²) in [6.45, 7) is 1.01. The molecule has 0 atom stereocenters. The molecule has 0 aliphatic rings. The van der Waals surface area contributed by atoms with Crippen LogP contribution in [-0.2, 0) is 17.9 Å². The number of aromatic nitrogens is 4. The van der Waals surface area contributed by atoms with Gasteiger partial charge in [0.25, 0.3) is 11.5 Å². The number of carbonyl (C=O) groups is 1. The summed E-state index contributed by atoms with van der Waals surface area (Å²) in [6, 6.07) is 16.5. The van der Waals surface area contributed by atoms with Gasteiger partial charge < -0.3 is 10.1 Å². The maximum Gasteiger partial charge on any atom is 0.264 e. The minimum absolute atomic E-state index is 0.0731. The monoisotopic (exact) mass is 437 g/mol. The largest absolute Gasteiger partial charge is 0.484 e. The Morgan fingerprint density at radius 3 is 2.77 bits per heavy atom. The number of amides is 1. The SMILES string of the molecule is O=C(COc1ccccc1)NCCn1ncc2c(=O)n(Cc3cccc(Cl)c3)cnc21. The smallest absolute Gasteiger partial charge is 0.264 e. The molecular formula is C22H20ClN5O3. The van der Waals surface area contributed by atoms with E-state index >= 15 is 0 Å². The van der Waals surface area contributed by atoms with Gasteiger partial charge in [0.05, 0.1) is 19.3 Å². The van der Waals surface area contributed by atoms with Crippen molar-refractivity contribution in [3.8, 4) is 5.75 Å². The Hall–Kier alpha value is -3.65. The molecule has 0 bridgehead atoms. The fourth-order valence-corrected chi connectivity index (χ4v) is 3.34. The number of nitrogens with one attached hydrogen (secondary N) is 1. The molecule has 0 radical (unpaired) electrons. The lowest BCUT2D eigenvalue weighted by molar-refractivity contribution is -0.123. The standard InChI is InChI=1S/C22H20ClN5O3/c23-17-6-4-5-16(11-17)13-27-15-25-21-19(22(27)30)12-26-28(21)10-9-24-20(29)14-31-18-7-2-1-3-8-18/h1-8,11-12,15H,9-10,13-14H2,(H,24,29). The Labute approximate surface area is 183 Å². The minimum atomic E-state index is -0.239. The first kappa shape index (κ1) is 20.6. The second-order valence-electron chi connectivity index (χ2n) is 6.86. The molecule has 0 unspecified atom stereocenters. The van der Waals surface area contributed by atoms with Gasteiger partial charge >= 0.3 is 0 Å². The molecule has 9 heteroatoms. The highest BCUT2D eigenvalue weighted by Crippen LogP contribution is 2.12. The quantitative estimate of drug-likeness (QED) is 0.457. The molecule has 2 aromatic heterocycles. The summed E-state index contributed by atoms with van der Waals surface area (Å²) in [5.74, 6) is 0.395. The van der Waals surface area contributed by atoms with Crippen molar-refractivity contribution in [1.82, 2.24) is 24.6 Å². The molecule has 0 aliphatic heterocycles. The van der Waals surface area contributed by atoms with E-state index in [1.54, 1.807) is 22.9 Å². The normalized spacial score (nSPS) is 10.9. The number of hydrogen-bond acceptors (Lipinski definition) is 5. The number of benzene rings is 2. The van der Waals surface area contributed by atoms with Crippen LogP contribution in [0.3, 0.4) is 0 Å². The van der Waals surface area contributed by atoms with Crippen LogP contribution in [0.5, 0.6) is 5.75 Å². The molecular weight excluding hydrogens is 418 g/mol. The lowest BCUT2D eigenvalue weighted by Crippen LogP contribution is -2.31. The number of para-hydroxylation sites is 1. The summed E-state index contributed by atoms with van der Waals surface area (Å²) in [4.78, 5) is 29.1. The number of hydrogen-bond donors (Lipinski definition) is 1. The van der Waals surface area contributed by atoms with Gasteiger partial charge in [-0.2, -0.15) is 5.10 Å². The third-order valence-electron chi connectivity index (χ3n) is 4.62. The zero-order chi connectivity index (χ0) is 21.6. The van der Waals surface area contributed by atoms with E-state index in [9.17, 15) is 9.59 Å². The third kappa shape index (κ3) is 5.10. The fourth-order valence-electron chi connectivity index (χ4n) is 3.12. The molecule has 1 N–H and O–H groups in total. The third-order valence-corrected chi connectivity index (χ3v) is 4.86. The summed E-state index contributed by atoms with van der Waals surface area (Å²) < 4.78 is 8.52. The molecule has 0 spiro atoms.